The number of carboxylic acid groups (broad SMARTS) is 2. The van der Waals surface area contributed by atoms with Crippen LogP contribution in [-0.2, 0) is 52.5 Å². The largest absolute Gasteiger partial charge is 0.481 e. The van der Waals surface area contributed by atoms with Crippen LogP contribution in [0.15, 0.2) is 248 Å². The Morgan fingerprint density at radius 2 is 0.752 bits per heavy atom. The Kier molecular flexibility index (Phi) is 38.7. The second-order valence-corrected chi connectivity index (χ2v) is 29.3. The minimum atomic E-state index is -3.85. The van der Waals surface area contributed by atoms with Gasteiger partial charge in [-0.05, 0) is 119 Å². The first-order chi connectivity index (χ1) is 54.3. The third-order valence-electron chi connectivity index (χ3n) is 17.6. The van der Waals surface area contributed by atoms with Gasteiger partial charge < -0.3 is 44.6 Å². The lowest BCUT2D eigenvalue weighted by Crippen LogP contribution is -2.38. The van der Waals surface area contributed by atoms with Crippen LogP contribution >= 0.6 is 24.0 Å². The standard InChI is InChI=1S/C26H26O6S.C25H27NO5S2.C19H20O4.C16H14O3.C3H8O2/c1-19-12-14-24(15-13-19)33(29,30)32-17-7-16-31-26(28)20(2)22-10-6-11-23(18-22)25(27)21-8-4-3-5-9-21;1-17(19-10-5-11-20(16-19)22(27)18-8-3-2-4-9-18)24(30)31-14-7-15-33-25(32)26-13-6-12-21(26)23(28)29;1-14(19(22)23-12-6-11-20)16-9-5-10-17(13-16)18(21)15-7-3-2-4-8-15;1-11(16(18)19)13-8-5-9-14(10-13)15(17)12-6-3-2-4-7-12;4-2-1-3-5/h3-6,8-15,18,20H,7,16-17H2,1-2H3;2-5,8-11,16-17,21H,6-7,12-15H2,1H3,(H,28,29);2-5,7-10,13-14,20H,6,11-12H2,1H3;2-11H,1H3,(H,18,19);4-5H,1-3H2. The molecule has 0 aromatic heterocycles. The van der Waals surface area contributed by atoms with E-state index in [4.69, 9.17) is 51.0 Å². The van der Waals surface area contributed by atoms with Gasteiger partial charge in [0, 0.05) is 89.5 Å². The number of esters is 3. The number of benzene rings is 9. The summed E-state index contributed by atoms with van der Waals surface area (Å²) in [4.78, 5) is 111. The molecule has 0 spiro atoms. The predicted octanol–water partition coefficient (Wildman–Crippen LogP) is 14.6. The number of nitrogens with zero attached hydrogens (tertiary/aromatic N) is 1. The van der Waals surface area contributed by atoms with Gasteiger partial charge in [-0.3, -0.25) is 42.5 Å². The average Bonchev–Trinajstić information content (AvgIpc) is 1.75. The maximum absolute atomic E-state index is 12.7. The van der Waals surface area contributed by atoms with Gasteiger partial charge in [0.05, 0.1) is 55.0 Å². The summed E-state index contributed by atoms with van der Waals surface area (Å²) < 4.78 is 45.7. The Balaban J connectivity index is 0.000000235. The Bertz CT molecular complexity index is 4700. The number of aliphatic hydroxyl groups is 3. The number of carboxylic acids is 2. The van der Waals surface area contributed by atoms with Gasteiger partial charge in [-0.25, -0.2) is 4.79 Å². The summed E-state index contributed by atoms with van der Waals surface area (Å²) in [5, 5.41) is 42.8. The number of hydrogen-bond acceptors (Lipinski definition) is 20. The highest BCUT2D eigenvalue weighted by molar-refractivity contribution is 8.22. The van der Waals surface area contributed by atoms with Crippen molar-refractivity contribution in [3.63, 3.8) is 0 Å². The Morgan fingerprint density at radius 3 is 1.08 bits per heavy atom. The zero-order valence-electron chi connectivity index (χ0n) is 63.6. The summed E-state index contributed by atoms with van der Waals surface area (Å²) in [5.74, 6) is -4.80. The van der Waals surface area contributed by atoms with Gasteiger partial charge in [-0.2, -0.15) is 8.42 Å². The zero-order valence-corrected chi connectivity index (χ0v) is 66.1. The zero-order chi connectivity index (χ0) is 82.2. The SMILES string of the molecule is CC(C(=O)O)c1cccc(C(=O)c2ccccc2)c1.CC(C(=O)OCCCO)c1cccc(C(=O)c2ccccc2)c1.CC(C(=O)OCCCSC(=S)N1CCCC1C(=O)O)c1cccc(C(=O)c2ccccc2)c1.Cc1ccc(S(=O)(=O)OCCCOC(=O)C(C)c2cccc(C(=O)c3ccccc3)c2)cc1.OCCCO. The first-order valence-corrected chi connectivity index (χ1v) is 39.6. The van der Waals surface area contributed by atoms with Crippen LogP contribution < -0.4 is 0 Å². The topological polar surface area (TPSA) is 329 Å². The fourth-order valence-corrected chi connectivity index (χ4v) is 13.2. The van der Waals surface area contributed by atoms with Gasteiger partial charge in [0.1, 0.15) is 10.4 Å². The first-order valence-electron chi connectivity index (χ1n) is 36.8. The van der Waals surface area contributed by atoms with E-state index in [0.29, 0.717) is 97.9 Å². The lowest BCUT2D eigenvalue weighted by molar-refractivity contribution is -0.146. The van der Waals surface area contributed by atoms with Crippen LogP contribution in [0.25, 0.3) is 0 Å². The fraction of sp³-hybridized carbons (Fsp3) is 0.281. The average molecular weight is 1590 g/mol. The number of aryl methyl sites for hydroxylation is 1. The quantitative estimate of drug-likeness (QED) is 0.00653. The second kappa shape index (κ2) is 48.1. The molecule has 1 aliphatic heterocycles. The van der Waals surface area contributed by atoms with E-state index in [9.17, 15) is 56.7 Å². The van der Waals surface area contributed by atoms with Gasteiger partial charge in [0.2, 0.25) is 0 Å². The molecule has 9 aromatic carbocycles. The summed E-state index contributed by atoms with van der Waals surface area (Å²) in [6.45, 7) is 9.90. The lowest BCUT2D eigenvalue weighted by atomic mass is 9.96. The highest BCUT2D eigenvalue weighted by Crippen LogP contribution is 2.27. The molecule has 0 aliphatic carbocycles. The number of carbonyl (C=O) groups excluding carboxylic acids is 7. The molecule has 1 fully saturated rings. The number of thioether (sulfide) groups is 1. The molecule has 1 heterocycles. The fourth-order valence-electron chi connectivity index (χ4n) is 10.9. The number of carbonyl (C=O) groups is 9. The minimum Gasteiger partial charge on any atom is -0.481 e. The molecule has 1 aliphatic rings. The number of thiocarbonyl (C=S) groups is 1. The normalized spacial score (nSPS) is 13.1. The van der Waals surface area contributed by atoms with Crippen molar-refractivity contribution in [2.75, 3.05) is 58.5 Å². The molecule has 5 unspecified atom stereocenters. The van der Waals surface area contributed by atoms with Gasteiger partial charge in [0.15, 0.2) is 23.1 Å². The lowest BCUT2D eigenvalue weighted by Gasteiger charge is -2.23. The molecule has 594 valence electrons. The Morgan fingerprint density at radius 1 is 0.425 bits per heavy atom. The maximum Gasteiger partial charge on any atom is 0.326 e. The van der Waals surface area contributed by atoms with Crippen molar-refractivity contribution in [2.24, 2.45) is 0 Å². The van der Waals surface area contributed by atoms with E-state index in [-0.39, 0.29) is 92.6 Å². The molecular formula is C89H95NO20S3. The number of hydrogen-bond donors (Lipinski definition) is 5. The van der Waals surface area contributed by atoms with Crippen LogP contribution in [0.2, 0.25) is 0 Å². The number of likely N-dealkylation sites (tertiary alicyclic amines) is 1. The van der Waals surface area contributed by atoms with Crippen molar-refractivity contribution in [1.82, 2.24) is 4.90 Å². The highest BCUT2D eigenvalue weighted by atomic mass is 32.2. The van der Waals surface area contributed by atoms with Crippen molar-refractivity contribution in [3.05, 3.63) is 315 Å². The molecule has 113 heavy (non-hydrogen) atoms. The summed E-state index contributed by atoms with van der Waals surface area (Å²) in [6, 6.07) is 69.6. The molecule has 0 amide bonds. The monoisotopic (exact) mass is 1590 g/mol. The van der Waals surface area contributed by atoms with E-state index in [1.807, 2.05) is 61.5 Å². The molecule has 0 radical (unpaired) electrons. The van der Waals surface area contributed by atoms with Gasteiger partial charge in [-0.15, -0.1) is 0 Å². The van der Waals surface area contributed by atoms with E-state index >= 15 is 0 Å². The van der Waals surface area contributed by atoms with Gasteiger partial charge in [0.25, 0.3) is 10.1 Å². The van der Waals surface area contributed by atoms with E-state index in [1.54, 1.807) is 209 Å². The molecule has 0 saturated carbocycles. The molecule has 5 N–H and O–H groups in total. The van der Waals surface area contributed by atoms with Crippen molar-refractivity contribution < 1.29 is 95.5 Å². The van der Waals surface area contributed by atoms with E-state index in [0.717, 1.165) is 23.1 Å². The maximum atomic E-state index is 12.7. The van der Waals surface area contributed by atoms with Crippen LogP contribution in [0.5, 0.6) is 0 Å². The van der Waals surface area contributed by atoms with E-state index in [2.05, 4.69) is 0 Å². The summed E-state index contributed by atoms with van der Waals surface area (Å²) in [7, 11) is -3.85. The van der Waals surface area contributed by atoms with Crippen LogP contribution in [-0.4, -0.2) is 161 Å². The Hall–Kier alpha value is -11.0. The van der Waals surface area contributed by atoms with E-state index in [1.165, 1.54) is 23.9 Å². The van der Waals surface area contributed by atoms with Crippen molar-refractivity contribution in [1.29, 1.82) is 0 Å². The van der Waals surface area contributed by atoms with E-state index < -0.39 is 57.7 Å². The Labute approximate surface area is 669 Å². The first kappa shape index (κ1) is 90.9. The number of aliphatic carboxylic acids is 2. The van der Waals surface area contributed by atoms with Crippen molar-refractivity contribution in [2.45, 2.75) is 108 Å². The predicted molar refractivity (Wildman–Crippen MR) is 436 cm³/mol. The van der Waals surface area contributed by atoms with Crippen LogP contribution in [0, 0.1) is 6.92 Å². The summed E-state index contributed by atoms with van der Waals surface area (Å²) >= 11 is 6.80. The third-order valence-corrected chi connectivity index (χ3v) is 20.5. The van der Waals surface area contributed by atoms with Crippen LogP contribution in [0.3, 0.4) is 0 Å². The highest BCUT2D eigenvalue weighted by Gasteiger charge is 2.32. The smallest absolute Gasteiger partial charge is 0.326 e. The summed E-state index contributed by atoms with van der Waals surface area (Å²) in [6.07, 6.45) is 3.21. The molecule has 0 bridgehead atoms. The van der Waals surface area contributed by atoms with Crippen LogP contribution in [0.1, 0.15) is 181 Å². The minimum absolute atomic E-state index is 0.0112. The molecular weight excluding hydrogens is 1500 g/mol. The van der Waals surface area contributed by atoms with Crippen molar-refractivity contribution >= 4 is 91.4 Å². The number of ether oxygens (including phenoxy) is 3. The molecule has 1 saturated heterocycles. The van der Waals surface area contributed by atoms with Gasteiger partial charge in [-0.1, -0.05) is 236 Å². The van der Waals surface area contributed by atoms with Gasteiger partial charge >= 0.3 is 29.8 Å². The molecule has 21 nitrogen and oxygen atoms in total. The number of rotatable bonds is 32. The molecule has 5 atom stereocenters. The number of aliphatic hydroxyl groups excluding tert-OH is 3. The van der Waals surface area contributed by atoms with Crippen LogP contribution in [0.4, 0.5) is 0 Å². The number of ketones is 4. The molecule has 10 rings (SSSR count). The molecule has 24 heteroatoms. The molecule has 9 aromatic rings. The summed E-state index contributed by atoms with van der Waals surface area (Å²) in [5.41, 5.74) is 8.18. The second-order valence-electron chi connectivity index (χ2n) is 26.0. The third kappa shape index (κ3) is 29.6. The van der Waals surface area contributed by atoms with Crippen molar-refractivity contribution in [3.8, 4) is 0 Å².